The topological polar surface area (TPSA) is 110 Å². The van der Waals surface area contributed by atoms with Crippen molar-refractivity contribution in [3.05, 3.63) is 59.7 Å². The highest BCUT2D eigenvalue weighted by molar-refractivity contribution is 7.94. The van der Waals surface area contributed by atoms with Gasteiger partial charge in [0.1, 0.15) is 0 Å². The molecule has 1 fully saturated rings. The van der Waals surface area contributed by atoms with E-state index in [1.54, 1.807) is 38.1 Å². The van der Waals surface area contributed by atoms with Gasteiger partial charge in [-0.1, -0.05) is 6.92 Å². The molecule has 3 rings (SSSR count). The van der Waals surface area contributed by atoms with Gasteiger partial charge >= 0.3 is 5.97 Å². The van der Waals surface area contributed by atoms with E-state index in [1.165, 1.54) is 24.3 Å². The summed E-state index contributed by atoms with van der Waals surface area (Å²) in [6.07, 6.45) is 0. The lowest BCUT2D eigenvalue weighted by Crippen LogP contribution is -2.30. The Morgan fingerprint density at radius 2 is 1.66 bits per heavy atom. The Morgan fingerprint density at radius 3 is 2.17 bits per heavy atom. The number of ether oxygens (including phenoxy) is 1. The highest BCUT2D eigenvalue weighted by Gasteiger charge is 2.41. The van der Waals surface area contributed by atoms with Gasteiger partial charge in [0.25, 0.3) is 5.91 Å². The van der Waals surface area contributed by atoms with Gasteiger partial charge < -0.3 is 10.1 Å². The standard InChI is InChI=1S/C20H20N2O6S/c1-3-28-20(25)15-4-8-16(9-5-15)21-18(23)14-6-10-17(11-7-14)22-19(24)13(2)12-29(22,26)27/h4-11,13H,3,12H2,1-2H3,(H,21,23)/t13-/m1/s1. The Labute approximate surface area is 168 Å². The lowest BCUT2D eigenvalue weighted by atomic mass is 10.1. The molecular weight excluding hydrogens is 396 g/mol. The highest BCUT2D eigenvalue weighted by atomic mass is 32.2. The maximum atomic E-state index is 12.4. The minimum absolute atomic E-state index is 0.203. The Bertz CT molecular complexity index is 1050. The molecule has 0 radical (unpaired) electrons. The predicted molar refractivity (Wildman–Crippen MR) is 107 cm³/mol. The lowest BCUT2D eigenvalue weighted by molar-refractivity contribution is -0.119. The maximum Gasteiger partial charge on any atom is 0.338 e. The fraction of sp³-hybridized carbons (Fsp3) is 0.250. The van der Waals surface area contributed by atoms with Gasteiger partial charge in [-0.15, -0.1) is 0 Å². The van der Waals surface area contributed by atoms with E-state index in [0.717, 1.165) is 4.31 Å². The number of nitrogens with one attached hydrogen (secondary N) is 1. The van der Waals surface area contributed by atoms with Crippen LogP contribution in [-0.4, -0.2) is 38.6 Å². The number of nitrogens with zero attached hydrogens (tertiary/aromatic N) is 1. The van der Waals surface area contributed by atoms with Gasteiger partial charge in [0.15, 0.2) is 0 Å². The first kappa shape index (κ1) is 20.5. The second-order valence-corrected chi connectivity index (χ2v) is 8.44. The van der Waals surface area contributed by atoms with E-state index in [2.05, 4.69) is 5.32 Å². The molecule has 9 heteroatoms. The molecule has 152 valence electrons. The molecule has 2 aromatic carbocycles. The fourth-order valence-electron chi connectivity index (χ4n) is 2.94. The summed E-state index contributed by atoms with van der Waals surface area (Å²) in [6, 6.07) is 12.0. The van der Waals surface area contributed by atoms with Crippen LogP contribution in [0.4, 0.5) is 11.4 Å². The van der Waals surface area contributed by atoms with Crippen LogP contribution < -0.4 is 9.62 Å². The van der Waals surface area contributed by atoms with Crippen molar-refractivity contribution >= 4 is 39.2 Å². The molecule has 1 N–H and O–H groups in total. The molecule has 8 nitrogen and oxygen atoms in total. The number of amides is 2. The van der Waals surface area contributed by atoms with E-state index >= 15 is 0 Å². The number of hydrogen-bond donors (Lipinski definition) is 1. The molecule has 1 aliphatic heterocycles. The number of carbonyl (C=O) groups is 3. The molecule has 0 unspecified atom stereocenters. The quantitative estimate of drug-likeness (QED) is 0.750. The Hall–Kier alpha value is -3.20. The Kier molecular flexibility index (Phi) is 5.69. The molecule has 1 saturated heterocycles. The van der Waals surface area contributed by atoms with E-state index in [4.69, 9.17) is 4.74 Å². The summed E-state index contributed by atoms with van der Waals surface area (Å²) >= 11 is 0. The average Bonchev–Trinajstić information content (AvgIpc) is 2.89. The smallest absolute Gasteiger partial charge is 0.338 e. The summed E-state index contributed by atoms with van der Waals surface area (Å²) in [5.41, 5.74) is 1.35. The van der Waals surface area contributed by atoms with Gasteiger partial charge in [-0.25, -0.2) is 17.5 Å². The number of sulfonamides is 1. The summed E-state index contributed by atoms with van der Waals surface area (Å²) in [4.78, 5) is 36.2. The van der Waals surface area contributed by atoms with Crippen LogP contribution in [0, 0.1) is 5.92 Å². The zero-order valence-electron chi connectivity index (χ0n) is 15.9. The summed E-state index contributed by atoms with van der Waals surface area (Å²) < 4.78 is 30.0. The van der Waals surface area contributed by atoms with Crippen LogP contribution in [0.5, 0.6) is 0 Å². The summed E-state index contributed by atoms with van der Waals surface area (Å²) in [5, 5.41) is 2.69. The number of anilines is 2. The van der Waals surface area contributed by atoms with Crippen molar-refractivity contribution in [3.8, 4) is 0 Å². The molecule has 2 aromatic rings. The third-order valence-electron chi connectivity index (χ3n) is 4.38. The molecule has 29 heavy (non-hydrogen) atoms. The Morgan fingerprint density at radius 1 is 1.07 bits per heavy atom. The van der Waals surface area contributed by atoms with Crippen LogP contribution in [0.1, 0.15) is 34.6 Å². The molecule has 1 atom stereocenters. The minimum atomic E-state index is -3.69. The number of hydrogen-bond acceptors (Lipinski definition) is 6. The first-order valence-corrected chi connectivity index (χ1v) is 10.6. The van der Waals surface area contributed by atoms with E-state index in [1.807, 2.05) is 0 Å². The van der Waals surface area contributed by atoms with Crippen LogP contribution in [0.2, 0.25) is 0 Å². The summed E-state index contributed by atoms with van der Waals surface area (Å²) in [5.74, 6) is -2.16. The summed E-state index contributed by atoms with van der Waals surface area (Å²) in [6.45, 7) is 3.55. The van der Waals surface area contributed by atoms with Crippen molar-refractivity contribution in [1.29, 1.82) is 0 Å². The average molecular weight is 416 g/mol. The third kappa shape index (κ3) is 4.29. The molecule has 0 aromatic heterocycles. The molecule has 2 amide bonds. The van der Waals surface area contributed by atoms with Crippen LogP contribution in [0.3, 0.4) is 0 Å². The maximum absolute atomic E-state index is 12.4. The molecule has 1 heterocycles. The number of esters is 1. The van der Waals surface area contributed by atoms with Crippen LogP contribution in [-0.2, 0) is 19.6 Å². The second-order valence-electron chi connectivity index (χ2n) is 6.58. The van der Waals surface area contributed by atoms with Crippen molar-refractivity contribution in [2.45, 2.75) is 13.8 Å². The third-order valence-corrected chi connectivity index (χ3v) is 6.25. The number of benzene rings is 2. The normalized spacial score (nSPS) is 17.8. The van der Waals surface area contributed by atoms with E-state index in [-0.39, 0.29) is 18.0 Å². The molecule has 0 bridgehead atoms. The number of carbonyl (C=O) groups excluding carboxylic acids is 3. The molecular formula is C20H20N2O6S. The number of rotatable bonds is 5. The lowest BCUT2D eigenvalue weighted by Gasteiger charge is -2.15. The van der Waals surface area contributed by atoms with Crippen LogP contribution in [0.25, 0.3) is 0 Å². The molecule has 0 saturated carbocycles. The molecule has 1 aliphatic rings. The second kappa shape index (κ2) is 8.04. The first-order chi connectivity index (χ1) is 13.7. The zero-order valence-corrected chi connectivity index (χ0v) is 16.7. The van der Waals surface area contributed by atoms with Crippen molar-refractivity contribution in [2.75, 3.05) is 22.0 Å². The molecule has 0 spiro atoms. The van der Waals surface area contributed by atoms with Gasteiger partial charge in [0.2, 0.25) is 15.9 Å². The largest absolute Gasteiger partial charge is 0.462 e. The van der Waals surface area contributed by atoms with E-state index in [0.29, 0.717) is 16.8 Å². The van der Waals surface area contributed by atoms with Gasteiger partial charge in [-0.05, 0) is 55.5 Å². The van der Waals surface area contributed by atoms with Gasteiger partial charge in [0.05, 0.1) is 29.5 Å². The zero-order chi connectivity index (χ0) is 21.2. The monoisotopic (exact) mass is 416 g/mol. The van der Waals surface area contributed by atoms with Gasteiger partial charge in [-0.3, -0.25) is 9.59 Å². The van der Waals surface area contributed by atoms with Crippen molar-refractivity contribution in [2.24, 2.45) is 5.92 Å². The Balaban J connectivity index is 1.71. The van der Waals surface area contributed by atoms with E-state index in [9.17, 15) is 22.8 Å². The first-order valence-electron chi connectivity index (χ1n) is 8.98. The van der Waals surface area contributed by atoms with Crippen LogP contribution >= 0.6 is 0 Å². The van der Waals surface area contributed by atoms with Gasteiger partial charge in [-0.2, -0.15) is 0 Å². The van der Waals surface area contributed by atoms with Crippen LogP contribution in [0.15, 0.2) is 48.5 Å². The predicted octanol–water partition coefficient (Wildman–Crippen LogP) is 2.43. The van der Waals surface area contributed by atoms with Gasteiger partial charge in [0, 0.05) is 11.3 Å². The fourth-order valence-corrected chi connectivity index (χ4v) is 4.76. The van der Waals surface area contributed by atoms with E-state index < -0.39 is 33.7 Å². The minimum Gasteiger partial charge on any atom is -0.462 e. The molecule has 0 aliphatic carbocycles. The van der Waals surface area contributed by atoms with Crippen molar-refractivity contribution in [3.63, 3.8) is 0 Å². The summed E-state index contributed by atoms with van der Waals surface area (Å²) in [7, 11) is -3.69. The SMILES string of the molecule is CCOC(=O)c1ccc(NC(=O)c2ccc(N3C(=O)[C@H](C)CS3(=O)=O)cc2)cc1. The van der Waals surface area contributed by atoms with Crippen molar-refractivity contribution < 1.29 is 27.5 Å². The van der Waals surface area contributed by atoms with Crippen molar-refractivity contribution in [1.82, 2.24) is 0 Å². The highest BCUT2D eigenvalue weighted by Crippen LogP contribution is 2.28.